The van der Waals surface area contributed by atoms with Gasteiger partial charge in [0.2, 0.25) is 0 Å². The van der Waals surface area contributed by atoms with Gasteiger partial charge in [-0.05, 0) is 45.7 Å². The maximum absolute atomic E-state index is 6.10. The van der Waals surface area contributed by atoms with Crippen LogP contribution in [0, 0.1) is 3.57 Å². The van der Waals surface area contributed by atoms with Gasteiger partial charge < -0.3 is 0 Å². The first-order chi connectivity index (χ1) is 6.24. The molecule has 0 amide bonds. The number of benzene rings is 1. The molecular weight excluding hydrogens is 338 g/mol. The first-order valence-electron chi connectivity index (χ1n) is 3.64. The summed E-state index contributed by atoms with van der Waals surface area (Å²) in [6, 6.07) is 3.99. The number of halogens is 3. The Hall–Kier alpha value is 0.490. The molecule has 0 aliphatic heterocycles. The molecule has 0 N–H and O–H groups in total. The first kappa shape index (κ1) is 10.0. The molecular formula is C9H5Cl2IS. The van der Waals surface area contributed by atoms with E-state index < -0.39 is 0 Å². The van der Waals surface area contributed by atoms with Crippen LogP contribution in [0.25, 0.3) is 10.1 Å². The third-order valence-electron chi connectivity index (χ3n) is 1.85. The minimum atomic E-state index is 0.520. The summed E-state index contributed by atoms with van der Waals surface area (Å²) in [7, 11) is 0. The molecule has 2 aromatic rings. The van der Waals surface area contributed by atoms with E-state index >= 15 is 0 Å². The maximum atomic E-state index is 6.10. The number of alkyl halides is 1. The number of hydrogen-bond donors (Lipinski definition) is 0. The molecule has 0 radical (unpaired) electrons. The van der Waals surface area contributed by atoms with Gasteiger partial charge in [-0.2, -0.15) is 0 Å². The van der Waals surface area contributed by atoms with Crippen LogP contribution in [-0.4, -0.2) is 0 Å². The summed E-state index contributed by atoms with van der Waals surface area (Å²) in [6.07, 6.45) is 0. The summed E-state index contributed by atoms with van der Waals surface area (Å²) in [6.45, 7) is 0. The van der Waals surface area contributed by atoms with Gasteiger partial charge in [0.25, 0.3) is 0 Å². The second-order valence-corrected chi connectivity index (χ2v) is 5.30. The highest BCUT2D eigenvalue weighted by Gasteiger charge is 2.08. The van der Waals surface area contributed by atoms with Crippen molar-refractivity contribution in [2.24, 2.45) is 0 Å². The lowest BCUT2D eigenvalue weighted by molar-refractivity contribution is 1.40. The van der Waals surface area contributed by atoms with Crippen LogP contribution in [0.4, 0.5) is 0 Å². The van der Waals surface area contributed by atoms with Crippen LogP contribution >= 0.6 is 57.1 Å². The summed E-state index contributed by atoms with van der Waals surface area (Å²) in [5.74, 6) is 0.520. The van der Waals surface area contributed by atoms with Gasteiger partial charge in [-0.25, -0.2) is 0 Å². The van der Waals surface area contributed by atoms with Crippen LogP contribution in [0.2, 0.25) is 5.02 Å². The Bertz CT molecular complexity index is 450. The zero-order valence-corrected chi connectivity index (χ0v) is 11.0. The lowest BCUT2D eigenvalue weighted by Gasteiger charge is -2.03. The topological polar surface area (TPSA) is 0 Å². The highest BCUT2D eigenvalue weighted by molar-refractivity contribution is 14.1. The number of hydrogen-bond acceptors (Lipinski definition) is 1. The third kappa shape index (κ3) is 1.69. The molecule has 0 bridgehead atoms. The summed E-state index contributed by atoms with van der Waals surface area (Å²) in [5, 5.41) is 3.98. The molecule has 13 heavy (non-hydrogen) atoms. The van der Waals surface area contributed by atoms with Crippen molar-refractivity contribution < 1.29 is 0 Å². The lowest BCUT2D eigenvalue weighted by Crippen LogP contribution is -1.84. The Morgan fingerprint density at radius 2 is 2.23 bits per heavy atom. The molecule has 2 rings (SSSR count). The van der Waals surface area contributed by atoms with Crippen molar-refractivity contribution in [3.63, 3.8) is 0 Å². The fourth-order valence-electron chi connectivity index (χ4n) is 1.20. The molecule has 0 nitrogen and oxygen atoms in total. The second kappa shape index (κ2) is 3.93. The quantitative estimate of drug-likeness (QED) is 0.511. The van der Waals surface area contributed by atoms with Gasteiger partial charge >= 0.3 is 0 Å². The number of thiophene rings is 1. The summed E-state index contributed by atoms with van der Waals surface area (Å²) < 4.78 is 2.46. The average Bonchev–Trinajstić information content (AvgIpc) is 2.60. The molecule has 0 spiro atoms. The SMILES string of the molecule is ClCc1cc(Cl)c2ccsc2c1I. The molecule has 0 saturated heterocycles. The van der Waals surface area contributed by atoms with Crippen molar-refractivity contribution in [2.75, 3.05) is 0 Å². The van der Waals surface area contributed by atoms with Crippen molar-refractivity contribution in [2.45, 2.75) is 5.88 Å². The Labute approximate surface area is 104 Å². The van der Waals surface area contributed by atoms with Gasteiger partial charge in [0.05, 0.1) is 0 Å². The second-order valence-electron chi connectivity index (χ2n) is 2.63. The van der Waals surface area contributed by atoms with Crippen molar-refractivity contribution in [1.82, 2.24) is 0 Å². The van der Waals surface area contributed by atoms with Crippen molar-refractivity contribution >= 4 is 67.2 Å². The molecule has 1 aromatic carbocycles. The van der Waals surface area contributed by atoms with Gasteiger partial charge in [0.1, 0.15) is 0 Å². The minimum absolute atomic E-state index is 0.520. The Kier molecular flexibility index (Phi) is 3.03. The fraction of sp³-hybridized carbons (Fsp3) is 0.111. The van der Waals surface area contributed by atoms with Crippen LogP contribution in [0.3, 0.4) is 0 Å². The highest BCUT2D eigenvalue weighted by atomic mass is 127. The van der Waals surface area contributed by atoms with Crippen molar-refractivity contribution in [1.29, 1.82) is 0 Å². The van der Waals surface area contributed by atoms with E-state index in [2.05, 4.69) is 28.0 Å². The summed E-state index contributed by atoms with van der Waals surface area (Å²) in [5.41, 5.74) is 1.11. The van der Waals surface area contributed by atoms with Crippen LogP contribution in [0.1, 0.15) is 5.56 Å². The smallest absolute Gasteiger partial charge is 0.0496 e. The highest BCUT2D eigenvalue weighted by Crippen LogP contribution is 2.34. The Balaban J connectivity index is 2.85. The lowest BCUT2D eigenvalue weighted by atomic mass is 10.2. The maximum Gasteiger partial charge on any atom is 0.0496 e. The fourth-order valence-corrected chi connectivity index (χ4v) is 3.88. The third-order valence-corrected chi connectivity index (χ3v) is 4.98. The van der Waals surface area contributed by atoms with E-state index in [0.29, 0.717) is 5.88 Å². The average molecular weight is 343 g/mol. The van der Waals surface area contributed by atoms with E-state index in [1.54, 1.807) is 11.3 Å². The molecule has 0 aliphatic carbocycles. The van der Waals surface area contributed by atoms with Gasteiger partial charge in [-0.1, -0.05) is 11.6 Å². The monoisotopic (exact) mass is 342 g/mol. The Morgan fingerprint density at radius 1 is 1.46 bits per heavy atom. The molecule has 1 heterocycles. The summed E-state index contributed by atoms with van der Waals surface area (Å²) >= 11 is 15.9. The minimum Gasteiger partial charge on any atom is -0.143 e. The van der Waals surface area contributed by atoms with Crippen LogP contribution in [0.15, 0.2) is 17.5 Å². The van der Waals surface area contributed by atoms with E-state index in [9.17, 15) is 0 Å². The van der Waals surface area contributed by atoms with Crippen LogP contribution < -0.4 is 0 Å². The molecule has 0 fully saturated rings. The van der Waals surface area contributed by atoms with Gasteiger partial charge in [-0.3, -0.25) is 0 Å². The van der Waals surface area contributed by atoms with E-state index in [1.807, 2.05) is 12.1 Å². The number of rotatable bonds is 1. The predicted molar refractivity (Wildman–Crippen MR) is 69.1 cm³/mol. The van der Waals surface area contributed by atoms with Gasteiger partial charge in [-0.15, -0.1) is 22.9 Å². The van der Waals surface area contributed by atoms with E-state index in [-0.39, 0.29) is 0 Å². The normalized spacial score (nSPS) is 11.0. The molecule has 0 aliphatic rings. The van der Waals surface area contributed by atoms with Crippen molar-refractivity contribution in [3.05, 3.63) is 31.7 Å². The van der Waals surface area contributed by atoms with Crippen molar-refractivity contribution in [3.8, 4) is 0 Å². The largest absolute Gasteiger partial charge is 0.143 e. The van der Waals surface area contributed by atoms with Crippen LogP contribution in [-0.2, 0) is 5.88 Å². The zero-order valence-electron chi connectivity index (χ0n) is 6.48. The molecule has 4 heteroatoms. The standard InChI is InChI=1S/C9H5Cl2IS/c10-4-5-3-7(11)6-1-2-13-9(6)8(5)12/h1-3H,4H2. The van der Waals surface area contributed by atoms with E-state index in [4.69, 9.17) is 23.2 Å². The molecule has 1 aromatic heterocycles. The zero-order chi connectivity index (χ0) is 9.42. The molecule has 0 saturated carbocycles. The van der Waals surface area contributed by atoms with Gasteiger partial charge in [0.15, 0.2) is 0 Å². The number of fused-ring (bicyclic) bond motifs is 1. The van der Waals surface area contributed by atoms with Crippen LogP contribution in [0.5, 0.6) is 0 Å². The van der Waals surface area contributed by atoms with E-state index in [1.165, 1.54) is 8.27 Å². The Morgan fingerprint density at radius 3 is 2.92 bits per heavy atom. The predicted octanol–water partition coefficient (Wildman–Crippen LogP) is 4.90. The first-order valence-corrected chi connectivity index (χ1v) is 6.51. The molecule has 0 unspecified atom stereocenters. The molecule has 68 valence electrons. The summed E-state index contributed by atoms with van der Waals surface area (Å²) in [4.78, 5) is 0. The van der Waals surface area contributed by atoms with Gasteiger partial charge in [0, 0.05) is 24.6 Å². The molecule has 0 atom stereocenters. The van der Waals surface area contributed by atoms with E-state index in [0.717, 1.165) is 16.0 Å².